The lowest BCUT2D eigenvalue weighted by Gasteiger charge is -2.12. The lowest BCUT2D eigenvalue weighted by atomic mass is 10.2. The zero-order valence-electron chi connectivity index (χ0n) is 11.7. The maximum absolute atomic E-state index is 7.41. The summed E-state index contributed by atoms with van der Waals surface area (Å²) in [6.07, 6.45) is 0. The highest BCUT2D eigenvalue weighted by Crippen LogP contribution is 2.30. The highest BCUT2D eigenvalue weighted by atomic mass is 35.5. The van der Waals surface area contributed by atoms with Gasteiger partial charge in [-0.2, -0.15) is 0 Å². The fourth-order valence-corrected chi connectivity index (χ4v) is 2.21. The fraction of sp³-hybridized carbons (Fsp3) is 0.133. The van der Waals surface area contributed by atoms with Crippen LogP contribution in [0.25, 0.3) is 0 Å². The summed E-state index contributed by atoms with van der Waals surface area (Å²) in [4.78, 5) is 0. The predicted octanol–water partition coefficient (Wildman–Crippen LogP) is 4.29. The molecular weight excluding hydrogens is 347 g/mol. The van der Waals surface area contributed by atoms with Crippen LogP contribution in [0.4, 0.5) is 0 Å². The van der Waals surface area contributed by atoms with Gasteiger partial charge in [-0.05, 0) is 30.3 Å². The molecule has 0 saturated heterocycles. The van der Waals surface area contributed by atoms with Gasteiger partial charge in [0.25, 0.3) is 0 Å². The molecule has 0 unspecified atom stereocenters. The molecular formula is C15H15Cl3N2O2. The van der Waals surface area contributed by atoms with E-state index in [9.17, 15) is 0 Å². The Morgan fingerprint density at radius 2 is 1.86 bits per heavy atom. The van der Waals surface area contributed by atoms with E-state index in [1.165, 1.54) is 7.11 Å². The summed E-state index contributed by atoms with van der Waals surface area (Å²) < 4.78 is 10.9. The molecule has 2 rings (SSSR count). The molecule has 118 valence electrons. The Morgan fingerprint density at radius 3 is 2.45 bits per heavy atom. The zero-order chi connectivity index (χ0) is 15.4. The summed E-state index contributed by atoms with van der Waals surface area (Å²) in [5.74, 6) is 1.03. The van der Waals surface area contributed by atoms with Crippen LogP contribution in [0.15, 0.2) is 36.4 Å². The SMILES string of the molecule is COc1cc(C(=N)N)ccc1OCc1ccc(Cl)cc1Cl.Cl. The average Bonchev–Trinajstić information content (AvgIpc) is 2.46. The Bertz CT molecular complexity index is 678. The van der Waals surface area contributed by atoms with Gasteiger partial charge in [-0.25, -0.2) is 0 Å². The van der Waals surface area contributed by atoms with Crippen LogP contribution >= 0.6 is 35.6 Å². The van der Waals surface area contributed by atoms with Crippen molar-refractivity contribution in [1.82, 2.24) is 0 Å². The molecule has 3 N–H and O–H groups in total. The van der Waals surface area contributed by atoms with E-state index in [4.69, 9.17) is 43.8 Å². The van der Waals surface area contributed by atoms with Crippen LogP contribution < -0.4 is 15.2 Å². The third-order valence-electron chi connectivity index (χ3n) is 2.87. The molecule has 2 aromatic rings. The van der Waals surface area contributed by atoms with E-state index in [-0.39, 0.29) is 24.8 Å². The number of ether oxygens (including phenoxy) is 2. The van der Waals surface area contributed by atoms with Crippen molar-refractivity contribution in [3.63, 3.8) is 0 Å². The fourth-order valence-electron chi connectivity index (χ4n) is 1.75. The lowest BCUT2D eigenvalue weighted by Crippen LogP contribution is -2.11. The van der Waals surface area contributed by atoms with Gasteiger partial charge in [0.05, 0.1) is 7.11 Å². The van der Waals surface area contributed by atoms with E-state index in [1.807, 2.05) is 0 Å². The van der Waals surface area contributed by atoms with Gasteiger partial charge in [-0.3, -0.25) is 5.41 Å². The molecule has 0 aromatic heterocycles. The van der Waals surface area contributed by atoms with Crippen molar-refractivity contribution in [2.45, 2.75) is 6.61 Å². The van der Waals surface area contributed by atoms with E-state index in [1.54, 1.807) is 36.4 Å². The third-order valence-corrected chi connectivity index (χ3v) is 3.46. The zero-order valence-corrected chi connectivity index (χ0v) is 14.1. The average molecular weight is 362 g/mol. The van der Waals surface area contributed by atoms with Gasteiger partial charge in [0, 0.05) is 21.2 Å². The summed E-state index contributed by atoms with van der Waals surface area (Å²) in [6, 6.07) is 10.3. The maximum atomic E-state index is 7.41. The minimum Gasteiger partial charge on any atom is -0.493 e. The van der Waals surface area contributed by atoms with Crippen LogP contribution in [-0.2, 0) is 6.61 Å². The molecule has 0 aliphatic carbocycles. The minimum atomic E-state index is -0.0272. The molecule has 0 heterocycles. The standard InChI is InChI=1S/C15H14Cl2N2O2.ClH/c1-20-14-6-9(15(18)19)3-5-13(14)21-8-10-2-4-11(16)7-12(10)17;/h2-7H,8H2,1H3,(H3,18,19);1H. The van der Waals surface area contributed by atoms with E-state index in [0.29, 0.717) is 27.1 Å². The van der Waals surface area contributed by atoms with E-state index < -0.39 is 0 Å². The van der Waals surface area contributed by atoms with E-state index in [2.05, 4.69) is 0 Å². The highest BCUT2D eigenvalue weighted by Gasteiger charge is 2.09. The first kappa shape index (κ1) is 18.4. The Morgan fingerprint density at radius 1 is 1.14 bits per heavy atom. The number of hydrogen-bond donors (Lipinski definition) is 2. The molecule has 0 aliphatic rings. The number of nitrogens with one attached hydrogen (secondary N) is 1. The number of nitrogens with two attached hydrogens (primary N) is 1. The number of methoxy groups -OCH3 is 1. The Balaban J connectivity index is 0.00000242. The second-order valence-corrected chi connectivity index (χ2v) is 5.15. The Kier molecular flexibility index (Phi) is 6.81. The summed E-state index contributed by atoms with van der Waals surface area (Å²) in [7, 11) is 1.53. The van der Waals surface area contributed by atoms with E-state index in [0.717, 1.165) is 5.56 Å². The normalized spacial score (nSPS) is 9.77. The number of hydrogen-bond acceptors (Lipinski definition) is 3. The van der Waals surface area contributed by atoms with Crippen LogP contribution in [-0.4, -0.2) is 12.9 Å². The quantitative estimate of drug-likeness (QED) is 0.616. The first-order valence-corrected chi connectivity index (χ1v) is 6.86. The number of benzene rings is 2. The topological polar surface area (TPSA) is 68.3 Å². The van der Waals surface area contributed by atoms with Crippen molar-refractivity contribution in [2.24, 2.45) is 5.73 Å². The van der Waals surface area contributed by atoms with Crippen molar-refractivity contribution >= 4 is 41.4 Å². The van der Waals surface area contributed by atoms with Crippen LogP contribution in [0.5, 0.6) is 11.5 Å². The number of halogens is 3. The first-order chi connectivity index (χ1) is 10.0. The predicted molar refractivity (Wildman–Crippen MR) is 92.1 cm³/mol. The molecule has 0 bridgehead atoms. The second kappa shape index (κ2) is 8.13. The van der Waals surface area contributed by atoms with E-state index >= 15 is 0 Å². The minimum absolute atomic E-state index is 0. The van der Waals surface area contributed by atoms with Gasteiger partial charge in [-0.1, -0.05) is 29.3 Å². The molecule has 2 aromatic carbocycles. The number of nitrogen functional groups attached to an aromatic ring is 1. The van der Waals surface area contributed by atoms with Crippen molar-refractivity contribution in [1.29, 1.82) is 5.41 Å². The molecule has 0 amide bonds. The lowest BCUT2D eigenvalue weighted by molar-refractivity contribution is 0.284. The molecule has 4 nitrogen and oxygen atoms in total. The molecule has 0 fully saturated rings. The van der Waals surface area contributed by atoms with Gasteiger partial charge >= 0.3 is 0 Å². The first-order valence-electron chi connectivity index (χ1n) is 6.10. The third kappa shape index (κ3) is 4.44. The summed E-state index contributed by atoms with van der Waals surface area (Å²) in [5, 5.41) is 8.53. The monoisotopic (exact) mass is 360 g/mol. The van der Waals surface area contributed by atoms with Crippen molar-refractivity contribution in [3.05, 3.63) is 57.6 Å². The smallest absolute Gasteiger partial charge is 0.161 e. The summed E-state index contributed by atoms with van der Waals surface area (Å²) in [6.45, 7) is 0.284. The Labute approximate surface area is 145 Å². The van der Waals surface area contributed by atoms with Gasteiger partial charge in [0.1, 0.15) is 12.4 Å². The molecule has 0 saturated carbocycles. The molecule has 0 aliphatic heterocycles. The highest BCUT2D eigenvalue weighted by molar-refractivity contribution is 6.35. The maximum Gasteiger partial charge on any atom is 0.161 e. The molecule has 0 spiro atoms. The largest absolute Gasteiger partial charge is 0.493 e. The summed E-state index contributed by atoms with van der Waals surface area (Å²) in [5.41, 5.74) is 6.83. The molecule has 0 radical (unpaired) electrons. The van der Waals surface area contributed by atoms with Crippen molar-refractivity contribution < 1.29 is 9.47 Å². The molecule has 22 heavy (non-hydrogen) atoms. The van der Waals surface area contributed by atoms with Crippen LogP contribution in [0, 0.1) is 5.41 Å². The van der Waals surface area contributed by atoms with Crippen LogP contribution in [0.3, 0.4) is 0 Å². The summed E-state index contributed by atoms with van der Waals surface area (Å²) >= 11 is 11.9. The van der Waals surface area contributed by atoms with Crippen molar-refractivity contribution in [2.75, 3.05) is 7.11 Å². The van der Waals surface area contributed by atoms with Gasteiger partial charge in [-0.15, -0.1) is 12.4 Å². The van der Waals surface area contributed by atoms with Crippen LogP contribution in [0.1, 0.15) is 11.1 Å². The molecule has 0 atom stereocenters. The number of amidine groups is 1. The molecule has 7 heteroatoms. The van der Waals surface area contributed by atoms with Gasteiger partial charge in [0.2, 0.25) is 0 Å². The second-order valence-electron chi connectivity index (χ2n) is 4.30. The van der Waals surface area contributed by atoms with Gasteiger partial charge < -0.3 is 15.2 Å². The number of rotatable bonds is 5. The Hall–Kier alpha value is -1.62. The van der Waals surface area contributed by atoms with Gasteiger partial charge in [0.15, 0.2) is 11.5 Å². The van der Waals surface area contributed by atoms with Crippen LogP contribution in [0.2, 0.25) is 10.0 Å². The van der Waals surface area contributed by atoms with Crippen molar-refractivity contribution in [3.8, 4) is 11.5 Å².